The van der Waals surface area contributed by atoms with E-state index in [1.807, 2.05) is 24.3 Å². The van der Waals surface area contributed by atoms with Crippen molar-refractivity contribution >= 4 is 11.6 Å². The Balaban J connectivity index is 2.73. The van der Waals surface area contributed by atoms with E-state index in [9.17, 15) is 4.79 Å². The third-order valence-electron chi connectivity index (χ3n) is 2.46. The van der Waals surface area contributed by atoms with Crippen molar-refractivity contribution < 1.29 is 4.79 Å². The predicted molar refractivity (Wildman–Crippen MR) is 62.9 cm³/mol. The lowest BCUT2D eigenvalue weighted by Gasteiger charge is -2.17. The van der Waals surface area contributed by atoms with Gasteiger partial charge in [-0.25, -0.2) is 0 Å². The molecule has 15 heavy (non-hydrogen) atoms. The first-order valence-electron chi connectivity index (χ1n) is 5.24. The van der Waals surface area contributed by atoms with Gasteiger partial charge in [0.05, 0.1) is 0 Å². The summed E-state index contributed by atoms with van der Waals surface area (Å²) in [6.07, 6.45) is 1.41. The first-order valence-corrected chi connectivity index (χ1v) is 5.24. The predicted octanol–water partition coefficient (Wildman–Crippen LogP) is 1.56. The van der Waals surface area contributed by atoms with Crippen molar-refractivity contribution in [2.45, 2.75) is 19.8 Å². The summed E-state index contributed by atoms with van der Waals surface area (Å²) in [6, 6.07) is 8.02. The molecule has 0 saturated carbocycles. The van der Waals surface area contributed by atoms with Crippen LogP contribution in [0, 0.1) is 0 Å². The normalized spacial score (nSPS) is 10.1. The summed E-state index contributed by atoms with van der Waals surface area (Å²) in [5.41, 5.74) is 7.54. The summed E-state index contributed by atoms with van der Waals surface area (Å²) < 4.78 is 0. The highest BCUT2D eigenvalue weighted by atomic mass is 16.2. The second-order valence-electron chi connectivity index (χ2n) is 3.51. The van der Waals surface area contributed by atoms with Crippen LogP contribution in [-0.2, 0) is 11.2 Å². The molecule has 0 spiro atoms. The van der Waals surface area contributed by atoms with Crippen molar-refractivity contribution in [1.82, 2.24) is 0 Å². The SMILES string of the molecule is CCc1ccc(N(C)C(=O)CCN)cc1. The fraction of sp³-hybridized carbons (Fsp3) is 0.417. The molecule has 1 aromatic carbocycles. The number of carbonyl (C=O) groups excluding carboxylic acids is 1. The van der Waals surface area contributed by atoms with Crippen molar-refractivity contribution in [2.24, 2.45) is 5.73 Å². The van der Waals surface area contributed by atoms with Gasteiger partial charge in [0.2, 0.25) is 5.91 Å². The second kappa shape index (κ2) is 5.51. The van der Waals surface area contributed by atoms with E-state index >= 15 is 0 Å². The lowest BCUT2D eigenvalue weighted by molar-refractivity contribution is -0.118. The lowest BCUT2D eigenvalue weighted by Crippen LogP contribution is -2.27. The second-order valence-corrected chi connectivity index (χ2v) is 3.51. The number of hydrogen-bond acceptors (Lipinski definition) is 2. The summed E-state index contributed by atoms with van der Waals surface area (Å²) in [4.78, 5) is 13.2. The molecule has 1 amide bonds. The van der Waals surface area contributed by atoms with E-state index in [4.69, 9.17) is 5.73 Å². The number of amides is 1. The molecule has 2 N–H and O–H groups in total. The Morgan fingerprint density at radius 1 is 1.33 bits per heavy atom. The first kappa shape index (κ1) is 11.7. The van der Waals surface area contributed by atoms with Gasteiger partial charge in [-0.15, -0.1) is 0 Å². The number of aryl methyl sites for hydroxylation is 1. The van der Waals surface area contributed by atoms with E-state index < -0.39 is 0 Å². The van der Waals surface area contributed by atoms with Gasteiger partial charge in [-0.3, -0.25) is 4.79 Å². The molecule has 0 aliphatic rings. The van der Waals surface area contributed by atoms with Gasteiger partial charge >= 0.3 is 0 Å². The molecule has 3 heteroatoms. The Morgan fingerprint density at radius 3 is 2.40 bits per heavy atom. The number of benzene rings is 1. The van der Waals surface area contributed by atoms with Crippen molar-refractivity contribution in [3.05, 3.63) is 29.8 Å². The molecular formula is C12H18N2O. The number of anilines is 1. The monoisotopic (exact) mass is 206 g/mol. The van der Waals surface area contributed by atoms with E-state index in [2.05, 4.69) is 6.92 Å². The zero-order valence-electron chi connectivity index (χ0n) is 9.36. The zero-order valence-corrected chi connectivity index (χ0v) is 9.36. The smallest absolute Gasteiger partial charge is 0.227 e. The molecule has 3 nitrogen and oxygen atoms in total. The summed E-state index contributed by atoms with van der Waals surface area (Å²) in [5, 5.41) is 0. The van der Waals surface area contributed by atoms with Gasteiger partial charge in [0.1, 0.15) is 0 Å². The van der Waals surface area contributed by atoms with Crippen LogP contribution >= 0.6 is 0 Å². The topological polar surface area (TPSA) is 46.3 Å². The molecule has 0 heterocycles. The van der Waals surface area contributed by atoms with Crippen LogP contribution in [0.3, 0.4) is 0 Å². The summed E-state index contributed by atoms with van der Waals surface area (Å²) in [5.74, 6) is 0.0572. The van der Waals surface area contributed by atoms with E-state index in [-0.39, 0.29) is 5.91 Å². The molecule has 0 aliphatic heterocycles. The van der Waals surface area contributed by atoms with Crippen molar-refractivity contribution in [3.8, 4) is 0 Å². The fourth-order valence-corrected chi connectivity index (χ4v) is 1.39. The Labute approximate surface area is 90.9 Å². The molecular weight excluding hydrogens is 188 g/mol. The number of carbonyl (C=O) groups is 1. The molecule has 0 unspecified atom stereocenters. The third kappa shape index (κ3) is 3.06. The van der Waals surface area contributed by atoms with Crippen LogP contribution in [-0.4, -0.2) is 19.5 Å². The maximum Gasteiger partial charge on any atom is 0.227 e. The van der Waals surface area contributed by atoms with E-state index in [1.54, 1.807) is 11.9 Å². The Bertz CT molecular complexity index is 319. The zero-order chi connectivity index (χ0) is 11.3. The molecule has 0 aromatic heterocycles. The third-order valence-corrected chi connectivity index (χ3v) is 2.46. The van der Waals surface area contributed by atoms with Crippen LogP contribution in [0.25, 0.3) is 0 Å². The highest BCUT2D eigenvalue weighted by Gasteiger charge is 2.08. The average Bonchev–Trinajstić information content (AvgIpc) is 2.28. The molecule has 0 bridgehead atoms. The molecule has 82 valence electrons. The van der Waals surface area contributed by atoms with E-state index in [0.29, 0.717) is 13.0 Å². The van der Waals surface area contributed by atoms with Crippen LogP contribution in [0.2, 0.25) is 0 Å². The van der Waals surface area contributed by atoms with E-state index in [1.165, 1.54) is 5.56 Å². The average molecular weight is 206 g/mol. The Kier molecular flexibility index (Phi) is 4.31. The minimum absolute atomic E-state index is 0.0572. The molecule has 0 atom stereocenters. The molecule has 0 saturated heterocycles. The maximum atomic E-state index is 11.5. The van der Waals surface area contributed by atoms with Crippen molar-refractivity contribution in [3.63, 3.8) is 0 Å². The van der Waals surface area contributed by atoms with Gasteiger partial charge < -0.3 is 10.6 Å². The molecule has 1 aromatic rings. The number of nitrogens with two attached hydrogens (primary N) is 1. The number of hydrogen-bond donors (Lipinski definition) is 1. The number of nitrogens with zero attached hydrogens (tertiary/aromatic N) is 1. The van der Waals surface area contributed by atoms with Gasteiger partial charge in [-0.1, -0.05) is 19.1 Å². The summed E-state index contributed by atoms with van der Waals surface area (Å²) in [7, 11) is 1.78. The standard InChI is InChI=1S/C12H18N2O/c1-3-10-4-6-11(7-5-10)14(2)12(15)8-9-13/h4-7H,3,8-9,13H2,1-2H3. The highest BCUT2D eigenvalue weighted by molar-refractivity contribution is 5.92. The highest BCUT2D eigenvalue weighted by Crippen LogP contribution is 2.14. The van der Waals surface area contributed by atoms with Crippen LogP contribution < -0.4 is 10.6 Å². The molecule has 0 aliphatic carbocycles. The summed E-state index contributed by atoms with van der Waals surface area (Å²) >= 11 is 0. The maximum absolute atomic E-state index is 11.5. The Hall–Kier alpha value is -1.35. The minimum Gasteiger partial charge on any atom is -0.330 e. The molecule has 1 rings (SSSR count). The fourth-order valence-electron chi connectivity index (χ4n) is 1.39. The molecule has 0 fully saturated rings. The van der Waals surface area contributed by atoms with Crippen molar-refractivity contribution in [1.29, 1.82) is 0 Å². The van der Waals surface area contributed by atoms with Gasteiger partial charge in [-0.05, 0) is 24.1 Å². The van der Waals surface area contributed by atoms with Gasteiger partial charge in [0.15, 0.2) is 0 Å². The largest absolute Gasteiger partial charge is 0.330 e. The lowest BCUT2D eigenvalue weighted by atomic mass is 10.1. The van der Waals surface area contributed by atoms with Crippen LogP contribution in [0.4, 0.5) is 5.69 Å². The van der Waals surface area contributed by atoms with Crippen LogP contribution in [0.15, 0.2) is 24.3 Å². The Morgan fingerprint density at radius 2 is 1.93 bits per heavy atom. The van der Waals surface area contributed by atoms with E-state index in [0.717, 1.165) is 12.1 Å². The van der Waals surface area contributed by atoms with Crippen LogP contribution in [0.5, 0.6) is 0 Å². The van der Waals surface area contributed by atoms with Gasteiger partial charge in [-0.2, -0.15) is 0 Å². The molecule has 0 radical (unpaired) electrons. The van der Waals surface area contributed by atoms with Gasteiger partial charge in [0.25, 0.3) is 0 Å². The quantitative estimate of drug-likeness (QED) is 0.812. The number of rotatable bonds is 4. The van der Waals surface area contributed by atoms with Crippen LogP contribution in [0.1, 0.15) is 18.9 Å². The van der Waals surface area contributed by atoms with Gasteiger partial charge in [0, 0.05) is 25.7 Å². The summed E-state index contributed by atoms with van der Waals surface area (Å²) in [6.45, 7) is 2.51. The minimum atomic E-state index is 0.0572. The van der Waals surface area contributed by atoms with Crippen molar-refractivity contribution in [2.75, 3.05) is 18.5 Å². The first-order chi connectivity index (χ1) is 7.19.